The molecule has 3 nitrogen and oxygen atoms in total. The Balaban J connectivity index is 2.18. The summed E-state index contributed by atoms with van der Waals surface area (Å²) in [5, 5.41) is 0. The van der Waals surface area contributed by atoms with Crippen molar-refractivity contribution in [3.8, 4) is 0 Å². The Bertz CT molecular complexity index is 617. The number of aliphatic imine (C=N–C) groups is 1. The zero-order valence-electron chi connectivity index (χ0n) is 11.0. The minimum atomic E-state index is 0.776. The number of fused-ring (bicyclic) bond motifs is 1. The van der Waals surface area contributed by atoms with Crippen LogP contribution in [0.5, 0.6) is 0 Å². The molecule has 19 heavy (non-hydrogen) atoms. The largest absolute Gasteiger partial charge is 0.399 e. The average Bonchev–Trinajstić information content (AvgIpc) is 2.59. The molecule has 0 fully saturated rings. The fourth-order valence-electron chi connectivity index (χ4n) is 2.44. The Morgan fingerprint density at radius 2 is 1.89 bits per heavy atom. The van der Waals surface area contributed by atoms with E-state index in [0.29, 0.717) is 0 Å². The van der Waals surface area contributed by atoms with Crippen LogP contribution in [0.4, 0.5) is 11.4 Å². The van der Waals surface area contributed by atoms with Gasteiger partial charge in [-0.2, -0.15) is 0 Å². The van der Waals surface area contributed by atoms with Gasteiger partial charge in [-0.1, -0.05) is 30.3 Å². The Morgan fingerprint density at radius 1 is 1.11 bits per heavy atom. The molecule has 1 heterocycles. The molecule has 1 aliphatic heterocycles. The van der Waals surface area contributed by atoms with Crippen LogP contribution in [0.1, 0.15) is 11.1 Å². The second-order valence-electron chi connectivity index (χ2n) is 4.79. The summed E-state index contributed by atoms with van der Waals surface area (Å²) in [5.74, 6) is 0. The van der Waals surface area contributed by atoms with Crippen molar-refractivity contribution < 1.29 is 0 Å². The van der Waals surface area contributed by atoms with Crippen molar-refractivity contribution >= 4 is 17.1 Å². The minimum Gasteiger partial charge on any atom is -0.399 e. The first-order chi connectivity index (χ1) is 9.25. The maximum Gasteiger partial charge on any atom is 0.0741 e. The smallest absolute Gasteiger partial charge is 0.0741 e. The van der Waals surface area contributed by atoms with Gasteiger partial charge in [0.15, 0.2) is 0 Å². The van der Waals surface area contributed by atoms with Gasteiger partial charge in [-0.15, -0.1) is 0 Å². The molecule has 2 aromatic carbocycles. The Labute approximate surface area is 113 Å². The lowest BCUT2D eigenvalue weighted by atomic mass is 10.00. The second-order valence-corrected chi connectivity index (χ2v) is 4.79. The van der Waals surface area contributed by atoms with Crippen LogP contribution in [-0.2, 0) is 0 Å². The summed E-state index contributed by atoms with van der Waals surface area (Å²) in [5.41, 5.74) is 11.2. The lowest BCUT2D eigenvalue weighted by molar-refractivity contribution is 0.896. The van der Waals surface area contributed by atoms with E-state index in [1.165, 1.54) is 5.69 Å². The minimum absolute atomic E-state index is 0.776. The lowest BCUT2D eigenvalue weighted by Gasteiger charge is -2.19. The van der Waals surface area contributed by atoms with Crippen LogP contribution in [0.15, 0.2) is 53.5 Å². The van der Waals surface area contributed by atoms with Gasteiger partial charge in [0.25, 0.3) is 0 Å². The molecule has 0 saturated heterocycles. The summed E-state index contributed by atoms with van der Waals surface area (Å²) in [6.07, 6.45) is 0. The van der Waals surface area contributed by atoms with E-state index in [0.717, 1.165) is 35.6 Å². The van der Waals surface area contributed by atoms with Crippen LogP contribution < -0.4 is 10.6 Å². The number of anilines is 2. The number of hydrogen-bond acceptors (Lipinski definition) is 3. The number of nitrogens with two attached hydrogens (primary N) is 1. The van der Waals surface area contributed by atoms with E-state index in [1.807, 2.05) is 30.3 Å². The van der Waals surface area contributed by atoms with E-state index in [9.17, 15) is 0 Å². The highest BCUT2D eigenvalue weighted by Gasteiger charge is 2.17. The fraction of sp³-hybridized carbons (Fsp3) is 0.188. The van der Waals surface area contributed by atoms with Crippen molar-refractivity contribution in [2.24, 2.45) is 4.99 Å². The molecule has 2 aromatic rings. The molecule has 0 unspecified atom stereocenters. The van der Waals surface area contributed by atoms with E-state index in [1.54, 1.807) is 0 Å². The van der Waals surface area contributed by atoms with Gasteiger partial charge in [0, 0.05) is 36.1 Å². The second kappa shape index (κ2) is 4.76. The van der Waals surface area contributed by atoms with Crippen LogP contribution in [-0.4, -0.2) is 25.8 Å². The molecule has 0 spiro atoms. The predicted molar refractivity (Wildman–Crippen MR) is 81.1 cm³/mol. The Kier molecular flexibility index (Phi) is 2.95. The molecular weight excluding hydrogens is 234 g/mol. The number of benzene rings is 2. The Hall–Kier alpha value is -2.29. The quantitative estimate of drug-likeness (QED) is 0.791. The van der Waals surface area contributed by atoms with Crippen LogP contribution in [0, 0.1) is 0 Å². The maximum atomic E-state index is 5.95. The van der Waals surface area contributed by atoms with Crippen LogP contribution in [0.2, 0.25) is 0 Å². The predicted octanol–water partition coefficient (Wildman–Crippen LogP) is 2.56. The monoisotopic (exact) mass is 251 g/mol. The average molecular weight is 251 g/mol. The third-order valence-electron chi connectivity index (χ3n) is 3.44. The van der Waals surface area contributed by atoms with Gasteiger partial charge in [-0.25, -0.2) is 0 Å². The molecule has 0 saturated carbocycles. The first-order valence-electron chi connectivity index (χ1n) is 6.46. The fourth-order valence-corrected chi connectivity index (χ4v) is 2.44. The summed E-state index contributed by atoms with van der Waals surface area (Å²) in [4.78, 5) is 6.98. The first kappa shape index (κ1) is 11.8. The highest BCUT2D eigenvalue weighted by molar-refractivity contribution is 6.16. The standard InChI is InChI=1S/C16H17N3/c1-19-10-9-18-16(12-5-3-2-4-6-12)14-11-13(17)7-8-15(14)19/h2-8,11H,9-10,17H2,1H3. The zero-order chi connectivity index (χ0) is 13.2. The zero-order valence-corrected chi connectivity index (χ0v) is 11.0. The van der Waals surface area contributed by atoms with Crippen molar-refractivity contribution in [2.45, 2.75) is 0 Å². The van der Waals surface area contributed by atoms with Crippen LogP contribution in [0.3, 0.4) is 0 Å². The highest BCUT2D eigenvalue weighted by Crippen LogP contribution is 2.27. The van der Waals surface area contributed by atoms with Gasteiger partial charge in [0.2, 0.25) is 0 Å². The van der Waals surface area contributed by atoms with Crippen molar-refractivity contribution in [1.29, 1.82) is 0 Å². The van der Waals surface area contributed by atoms with Crippen molar-refractivity contribution in [1.82, 2.24) is 0 Å². The topological polar surface area (TPSA) is 41.6 Å². The van der Waals surface area contributed by atoms with Gasteiger partial charge < -0.3 is 10.6 Å². The van der Waals surface area contributed by atoms with Gasteiger partial charge in [-0.3, -0.25) is 4.99 Å². The summed E-state index contributed by atoms with van der Waals surface area (Å²) in [6, 6.07) is 16.3. The molecule has 3 heteroatoms. The number of nitrogens with zero attached hydrogens (tertiary/aromatic N) is 2. The van der Waals surface area contributed by atoms with Crippen molar-refractivity contribution in [2.75, 3.05) is 30.8 Å². The number of rotatable bonds is 1. The van der Waals surface area contributed by atoms with E-state index < -0.39 is 0 Å². The molecule has 0 radical (unpaired) electrons. The molecule has 0 amide bonds. The van der Waals surface area contributed by atoms with E-state index in [-0.39, 0.29) is 0 Å². The molecule has 96 valence electrons. The highest BCUT2D eigenvalue weighted by atomic mass is 15.1. The number of nitrogen functional groups attached to an aromatic ring is 1. The van der Waals surface area contributed by atoms with Crippen molar-refractivity contribution in [3.05, 3.63) is 59.7 Å². The molecule has 0 aliphatic carbocycles. The van der Waals surface area contributed by atoms with Gasteiger partial charge in [0.05, 0.1) is 12.3 Å². The summed E-state index contributed by atoms with van der Waals surface area (Å²) in [7, 11) is 2.10. The molecule has 0 bridgehead atoms. The first-order valence-corrected chi connectivity index (χ1v) is 6.46. The van der Waals surface area contributed by atoms with Crippen molar-refractivity contribution in [3.63, 3.8) is 0 Å². The van der Waals surface area contributed by atoms with Gasteiger partial charge >= 0.3 is 0 Å². The third kappa shape index (κ3) is 2.19. The van der Waals surface area contributed by atoms with Crippen LogP contribution >= 0.6 is 0 Å². The molecular formula is C16H17N3. The normalized spacial score (nSPS) is 14.6. The molecule has 1 aliphatic rings. The number of benzodiazepines with no additional fused rings is 1. The summed E-state index contributed by atoms with van der Waals surface area (Å²) in [6.45, 7) is 1.72. The molecule has 3 rings (SSSR count). The van der Waals surface area contributed by atoms with Gasteiger partial charge in [0.1, 0.15) is 0 Å². The van der Waals surface area contributed by atoms with E-state index in [2.05, 4.69) is 30.1 Å². The molecule has 2 N–H and O–H groups in total. The third-order valence-corrected chi connectivity index (χ3v) is 3.44. The van der Waals surface area contributed by atoms with Gasteiger partial charge in [-0.05, 0) is 18.2 Å². The lowest BCUT2D eigenvalue weighted by Crippen LogP contribution is -2.20. The molecule has 0 aromatic heterocycles. The van der Waals surface area contributed by atoms with Crippen LogP contribution in [0.25, 0.3) is 0 Å². The number of hydrogen-bond donors (Lipinski definition) is 1. The number of likely N-dealkylation sites (N-methyl/N-ethyl adjacent to an activating group) is 1. The Morgan fingerprint density at radius 3 is 2.68 bits per heavy atom. The summed E-state index contributed by atoms with van der Waals surface area (Å²) >= 11 is 0. The van der Waals surface area contributed by atoms with E-state index in [4.69, 9.17) is 10.7 Å². The summed E-state index contributed by atoms with van der Waals surface area (Å²) < 4.78 is 0. The SMILES string of the molecule is CN1CCN=C(c2ccccc2)c2cc(N)ccc21. The van der Waals surface area contributed by atoms with E-state index >= 15 is 0 Å². The maximum absolute atomic E-state index is 5.95. The molecule has 0 atom stereocenters.